The second-order valence-electron chi connectivity index (χ2n) is 5.26. The van der Waals surface area contributed by atoms with Crippen molar-refractivity contribution in [2.45, 2.75) is 19.9 Å². The molecule has 1 aromatic rings. The van der Waals surface area contributed by atoms with Crippen molar-refractivity contribution in [2.75, 3.05) is 39.1 Å². The highest BCUT2D eigenvalue weighted by molar-refractivity contribution is 5.92. The molecule has 1 aromatic carbocycles. The lowest BCUT2D eigenvalue weighted by molar-refractivity contribution is -0.115. The average Bonchev–Trinajstić information content (AvgIpc) is 2.38. The van der Waals surface area contributed by atoms with Gasteiger partial charge in [0.05, 0.1) is 6.54 Å². The van der Waals surface area contributed by atoms with Crippen LogP contribution in [0.5, 0.6) is 5.75 Å². The van der Waals surface area contributed by atoms with Crippen LogP contribution in [0.3, 0.4) is 0 Å². The van der Waals surface area contributed by atoms with Gasteiger partial charge in [-0.1, -0.05) is 13.8 Å². The number of carbonyl (C=O) groups excluding carboxylic acids is 1. The molecule has 5 heteroatoms. The largest absolute Gasteiger partial charge is 0.492 e. The second kappa shape index (κ2) is 8.55. The van der Waals surface area contributed by atoms with Crippen molar-refractivity contribution in [1.29, 1.82) is 0 Å². The Morgan fingerprint density at radius 2 is 1.90 bits per heavy atom. The number of hydrogen-bond acceptors (Lipinski definition) is 4. The van der Waals surface area contributed by atoms with Gasteiger partial charge in [0.2, 0.25) is 5.91 Å². The SMILES string of the molecule is CC(C)NCC(=O)Nc1ccc(OCCN(C)C)cc1. The topological polar surface area (TPSA) is 53.6 Å². The first-order chi connectivity index (χ1) is 9.47. The molecule has 0 spiro atoms. The van der Waals surface area contributed by atoms with E-state index in [1.54, 1.807) is 0 Å². The van der Waals surface area contributed by atoms with Crippen LogP contribution >= 0.6 is 0 Å². The molecular weight excluding hydrogens is 254 g/mol. The van der Waals surface area contributed by atoms with Crippen molar-refractivity contribution in [2.24, 2.45) is 0 Å². The van der Waals surface area contributed by atoms with Gasteiger partial charge in [0.25, 0.3) is 0 Å². The highest BCUT2D eigenvalue weighted by Gasteiger charge is 2.03. The number of amides is 1. The average molecular weight is 279 g/mol. The minimum absolute atomic E-state index is 0.0417. The Morgan fingerprint density at radius 3 is 2.45 bits per heavy atom. The zero-order valence-corrected chi connectivity index (χ0v) is 12.8. The molecule has 0 radical (unpaired) electrons. The Labute approximate surface area is 121 Å². The fourth-order valence-corrected chi connectivity index (χ4v) is 1.48. The molecule has 0 aliphatic heterocycles. The fourth-order valence-electron chi connectivity index (χ4n) is 1.48. The molecule has 5 nitrogen and oxygen atoms in total. The summed E-state index contributed by atoms with van der Waals surface area (Å²) in [5.41, 5.74) is 0.778. The number of hydrogen-bond donors (Lipinski definition) is 2. The number of anilines is 1. The van der Waals surface area contributed by atoms with Crippen molar-refractivity contribution in [1.82, 2.24) is 10.2 Å². The molecule has 1 amide bonds. The van der Waals surface area contributed by atoms with Gasteiger partial charge in [0.15, 0.2) is 0 Å². The van der Waals surface area contributed by atoms with Crippen molar-refractivity contribution >= 4 is 11.6 Å². The van der Waals surface area contributed by atoms with Crippen LogP contribution in [0.2, 0.25) is 0 Å². The Kier molecular flexibility index (Phi) is 7.04. The molecule has 112 valence electrons. The highest BCUT2D eigenvalue weighted by Crippen LogP contribution is 2.15. The molecule has 0 unspecified atom stereocenters. The standard InChI is InChI=1S/C15H25N3O2/c1-12(2)16-11-15(19)17-13-5-7-14(8-6-13)20-10-9-18(3)4/h5-8,12,16H,9-11H2,1-4H3,(H,17,19). The summed E-state index contributed by atoms with van der Waals surface area (Å²) in [5, 5.41) is 5.91. The first-order valence-electron chi connectivity index (χ1n) is 6.88. The zero-order chi connectivity index (χ0) is 15.0. The summed E-state index contributed by atoms with van der Waals surface area (Å²) in [6, 6.07) is 7.71. The normalized spacial score (nSPS) is 10.9. The maximum atomic E-state index is 11.6. The van der Waals surface area contributed by atoms with Gasteiger partial charge < -0.3 is 20.3 Å². The Balaban J connectivity index is 2.36. The van der Waals surface area contributed by atoms with Crippen molar-refractivity contribution < 1.29 is 9.53 Å². The summed E-state index contributed by atoms with van der Waals surface area (Å²) in [6.07, 6.45) is 0. The summed E-state index contributed by atoms with van der Waals surface area (Å²) >= 11 is 0. The molecule has 0 aliphatic carbocycles. The molecule has 0 saturated heterocycles. The molecule has 0 bridgehead atoms. The molecule has 1 rings (SSSR count). The predicted molar refractivity (Wildman–Crippen MR) is 82.3 cm³/mol. The third-order valence-corrected chi connectivity index (χ3v) is 2.62. The van der Waals surface area contributed by atoms with Gasteiger partial charge in [-0.25, -0.2) is 0 Å². The van der Waals surface area contributed by atoms with Crippen LogP contribution in [0.1, 0.15) is 13.8 Å². The highest BCUT2D eigenvalue weighted by atomic mass is 16.5. The van der Waals surface area contributed by atoms with Crippen molar-refractivity contribution in [3.63, 3.8) is 0 Å². The number of ether oxygens (including phenoxy) is 1. The maximum Gasteiger partial charge on any atom is 0.238 e. The summed E-state index contributed by atoms with van der Waals surface area (Å²) < 4.78 is 5.59. The number of benzene rings is 1. The van der Waals surface area contributed by atoms with E-state index in [1.807, 2.05) is 52.2 Å². The van der Waals surface area contributed by atoms with Crippen molar-refractivity contribution in [3.05, 3.63) is 24.3 Å². The second-order valence-corrected chi connectivity index (χ2v) is 5.26. The quantitative estimate of drug-likeness (QED) is 0.758. The molecule has 0 heterocycles. The van der Waals surface area contributed by atoms with Crippen LogP contribution in [-0.2, 0) is 4.79 Å². The van der Waals surface area contributed by atoms with Gasteiger partial charge in [-0.2, -0.15) is 0 Å². The number of likely N-dealkylation sites (N-methyl/N-ethyl adjacent to an activating group) is 1. The lowest BCUT2D eigenvalue weighted by Crippen LogP contribution is -2.32. The van der Waals surface area contributed by atoms with Gasteiger partial charge in [0, 0.05) is 18.3 Å². The lowest BCUT2D eigenvalue weighted by Gasteiger charge is -2.12. The van der Waals surface area contributed by atoms with E-state index in [9.17, 15) is 4.79 Å². The number of nitrogens with one attached hydrogen (secondary N) is 2. The molecular formula is C15H25N3O2. The van der Waals surface area contributed by atoms with Crippen LogP contribution in [0.25, 0.3) is 0 Å². The van der Waals surface area contributed by atoms with E-state index in [1.165, 1.54) is 0 Å². The van der Waals surface area contributed by atoms with Gasteiger partial charge in [-0.3, -0.25) is 4.79 Å². The third-order valence-electron chi connectivity index (χ3n) is 2.62. The molecule has 0 aliphatic rings. The number of rotatable bonds is 8. The van der Waals surface area contributed by atoms with Gasteiger partial charge >= 0.3 is 0 Å². The number of nitrogens with zero attached hydrogens (tertiary/aromatic N) is 1. The fraction of sp³-hybridized carbons (Fsp3) is 0.533. The molecule has 2 N–H and O–H groups in total. The van der Waals surface area contributed by atoms with Gasteiger partial charge in [-0.05, 0) is 38.4 Å². The Hall–Kier alpha value is -1.59. The van der Waals surface area contributed by atoms with E-state index >= 15 is 0 Å². The van der Waals surface area contributed by atoms with E-state index in [2.05, 4.69) is 15.5 Å². The maximum absolute atomic E-state index is 11.6. The van der Waals surface area contributed by atoms with Crippen LogP contribution < -0.4 is 15.4 Å². The monoisotopic (exact) mass is 279 g/mol. The Morgan fingerprint density at radius 1 is 1.25 bits per heavy atom. The molecule has 0 aromatic heterocycles. The summed E-state index contributed by atoms with van der Waals surface area (Å²) in [7, 11) is 4.01. The van der Waals surface area contributed by atoms with Crippen LogP contribution in [0.15, 0.2) is 24.3 Å². The summed E-state index contributed by atoms with van der Waals surface area (Å²) in [4.78, 5) is 13.7. The summed E-state index contributed by atoms with van der Waals surface area (Å²) in [6.45, 7) is 5.86. The predicted octanol–water partition coefficient (Wildman–Crippen LogP) is 1.56. The van der Waals surface area contributed by atoms with E-state index in [0.717, 1.165) is 18.0 Å². The first-order valence-corrected chi connectivity index (χ1v) is 6.88. The van der Waals surface area contributed by atoms with Gasteiger partial charge in [-0.15, -0.1) is 0 Å². The zero-order valence-electron chi connectivity index (χ0n) is 12.8. The lowest BCUT2D eigenvalue weighted by atomic mass is 10.3. The van der Waals surface area contributed by atoms with Crippen molar-refractivity contribution in [3.8, 4) is 5.75 Å². The molecule has 0 fully saturated rings. The molecule has 0 atom stereocenters. The van der Waals surface area contributed by atoms with E-state index in [0.29, 0.717) is 19.2 Å². The molecule has 0 saturated carbocycles. The molecule has 20 heavy (non-hydrogen) atoms. The Bertz CT molecular complexity index is 402. The third kappa shape index (κ3) is 7.11. The summed E-state index contributed by atoms with van der Waals surface area (Å²) in [5.74, 6) is 0.769. The first kappa shape index (κ1) is 16.5. The van der Waals surface area contributed by atoms with Gasteiger partial charge in [0.1, 0.15) is 12.4 Å². The van der Waals surface area contributed by atoms with E-state index in [-0.39, 0.29) is 5.91 Å². The van der Waals surface area contributed by atoms with Crippen LogP contribution in [0.4, 0.5) is 5.69 Å². The van der Waals surface area contributed by atoms with E-state index < -0.39 is 0 Å². The van der Waals surface area contributed by atoms with Crippen LogP contribution in [-0.4, -0.2) is 50.6 Å². The number of carbonyl (C=O) groups is 1. The van der Waals surface area contributed by atoms with E-state index in [4.69, 9.17) is 4.74 Å². The van der Waals surface area contributed by atoms with Crippen LogP contribution in [0, 0.1) is 0 Å². The smallest absolute Gasteiger partial charge is 0.238 e. The minimum atomic E-state index is -0.0417. The minimum Gasteiger partial charge on any atom is -0.492 e.